The Labute approximate surface area is 203 Å². The van der Waals surface area contributed by atoms with Gasteiger partial charge in [0.2, 0.25) is 5.76 Å². The van der Waals surface area contributed by atoms with Crippen LogP contribution in [0.5, 0.6) is 5.75 Å². The van der Waals surface area contributed by atoms with Crippen LogP contribution in [0.2, 0.25) is 5.02 Å². The number of thiazole rings is 1. The van der Waals surface area contributed by atoms with Crippen molar-refractivity contribution in [2.75, 3.05) is 11.5 Å². The zero-order valence-corrected chi connectivity index (χ0v) is 19.5. The van der Waals surface area contributed by atoms with E-state index in [0.29, 0.717) is 39.0 Å². The molecular weight excluding hydrogens is 472 g/mol. The van der Waals surface area contributed by atoms with Crippen molar-refractivity contribution < 1.29 is 13.9 Å². The van der Waals surface area contributed by atoms with Gasteiger partial charge in [-0.1, -0.05) is 47.2 Å². The van der Waals surface area contributed by atoms with E-state index in [9.17, 15) is 9.59 Å². The van der Waals surface area contributed by atoms with E-state index in [-0.39, 0.29) is 11.2 Å². The molecule has 1 amide bonds. The average molecular weight is 489 g/mol. The monoisotopic (exact) mass is 488 g/mol. The highest BCUT2D eigenvalue weighted by molar-refractivity contribution is 7.22. The van der Waals surface area contributed by atoms with E-state index in [1.54, 1.807) is 30.3 Å². The smallest absolute Gasteiger partial charge is 0.297 e. The van der Waals surface area contributed by atoms with E-state index < -0.39 is 11.9 Å². The van der Waals surface area contributed by atoms with Gasteiger partial charge in [0.15, 0.2) is 10.6 Å². The van der Waals surface area contributed by atoms with Gasteiger partial charge in [0.25, 0.3) is 5.91 Å². The average Bonchev–Trinajstić information content (AvgIpc) is 3.38. The van der Waals surface area contributed by atoms with Crippen LogP contribution >= 0.6 is 22.9 Å². The Kier molecular flexibility index (Phi) is 4.90. The first-order valence-corrected chi connectivity index (χ1v) is 11.9. The fourth-order valence-corrected chi connectivity index (χ4v) is 5.63. The number of anilines is 1. The molecule has 0 radical (unpaired) electrons. The van der Waals surface area contributed by atoms with Gasteiger partial charge in [0.05, 0.1) is 33.8 Å². The van der Waals surface area contributed by atoms with Gasteiger partial charge >= 0.3 is 0 Å². The van der Waals surface area contributed by atoms with Crippen molar-refractivity contribution in [1.29, 1.82) is 0 Å². The Hall–Kier alpha value is -3.68. The molecule has 3 aromatic carbocycles. The lowest BCUT2D eigenvalue weighted by molar-refractivity contribution is 0.0971. The third kappa shape index (κ3) is 3.20. The number of rotatable bonds is 4. The first-order valence-electron chi connectivity index (χ1n) is 10.7. The van der Waals surface area contributed by atoms with Crippen molar-refractivity contribution in [2.45, 2.75) is 13.0 Å². The molecule has 168 valence electrons. The number of para-hydroxylation sites is 1. The highest BCUT2D eigenvalue weighted by Crippen LogP contribution is 2.44. The van der Waals surface area contributed by atoms with Crippen molar-refractivity contribution in [3.63, 3.8) is 0 Å². The predicted octanol–water partition coefficient (Wildman–Crippen LogP) is 6.20. The molecule has 1 unspecified atom stereocenters. The summed E-state index contributed by atoms with van der Waals surface area (Å²) >= 11 is 7.51. The Morgan fingerprint density at radius 2 is 1.94 bits per heavy atom. The van der Waals surface area contributed by atoms with Crippen LogP contribution in [-0.2, 0) is 0 Å². The molecule has 0 saturated carbocycles. The molecule has 5 aromatic rings. The van der Waals surface area contributed by atoms with E-state index in [4.69, 9.17) is 25.7 Å². The van der Waals surface area contributed by atoms with Gasteiger partial charge in [0.1, 0.15) is 11.3 Å². The van der Waals surface area contributed by atoms with Gasteiger partial charge < -0.3 is 9.15 Å². The molecule has 2 aromatic heterocycles. The molecule has 6 nitrogen and oxygen atoms in total. The molecule has 1 aliphatic rings. The van der Waals surface area contributed by atoms with Gasteiger partial charge in [0, 0.05) is 5.02 Å². The summed E-state index contributed by atoms with van der Waals surface area (Å²) in [7, 11) is 0. The molecular formula is C26H17ClN2O4S. The maximum Gasteiger partial charge on any atom is 0.297 e. The molecule has 0 saturated heterocycles. The molecule has 0 aliphatic carbocycles. The first kappa shape index (κ1) is 20.9. The minimum Gasteiger partial charge on any atom is -0.494 e. The normalized spacial score (nSPS) is 15.3. The van der Waals surface area contributed by atoms with Crippen molar-refractivity contribution in [3.8, 4) is 5.75 Å². The minimum absolute atomic E-state index is 0.0350. The zero-order valence-electron chi connectivity index (χ0n) is 17.9. The second kappa shape index (κ2) is 7.97. The van der Waals surface area contributed by atoms with Crippen LogP contribution in [0.25, 0.3) is 21.2 Å². The molecule has 0 spiro atoms. The number of hydrogen-bond acceptors (Lipinski definition) is 6. The van der Waals surface area contributed by atoms with Gasteiger partial charge in [-0.05, 0) is 55.0 Å². The highest BCUT2D eigenvalue weighted by atomic mass is 35.5. The number of hydrogen-bond donors (Lipinski definition) is 0. The zero-order chi connectivity index (χ0) is 23.4. The number of aromatic nitrogens is 1. The fourth-order valence-electron chi connectivity index (χ4n) is 4.36. The van der Waals surface area contributed by atoms with Crippen LogP contribution in [0.3, 0.4) is 0 Å². The molecule has 0 N–H and O–H groups in total. The molecule has 1 atom stereocenters. The van der Waals surface area contributed by atoms with Crippen molar-refractivity contribution in [2.24, 2.45) is 0 Å². The summed E-state index contributed by atoms with van der Waals surface area (Å²) in [6, 6.07) is 19.1. The Balaban J connectivity index is 1.62. The van der Waals surface area contributed by atoms with E-state index in [0.717, 1.165) is 15.8 Å². The SMILES string of the molecule is CCOc1cccc(C2c3c(oc4ccccc4c3=O)C(=O)N2c2nc3ccc(Cl)cc3s2)c1. The summed E-state index contributed by atoms with van der Waals surface area (Å²) < 4.78 is 12.5. The third-order valence-corrected chi connectivity index (χ3v) is 7.06. The van der Waals surface area contributed by atoms with Crippen LogP contribution in [0.1, 0.15) is 34.6 Å². The topological polar surface area (TPSA) is 72.6 Å². The van der Waals surface area contributed by atoms with Crippen molar-refractivity contribution in [3.05, 3.63) is 98.9 Å². The number of halogens is 1. The van der Waals surface area contributed by atoms with E-state index >= 15 is 0 Å². The lowest BCUT2D eigenvalue weighted by atomic mass is 9.98. The number of amides is 1. The summed E-state index contributed by atoms with van der Waals surface area (Å²) in [4.78, 5) is 33.6. The van der Waals surface area contributed by atoms with Crippen molar-refractivity contribution >= 4 is 55.2 Å². The number of benzene rings is 3. The van der Waals surface area contributed by atoms with Crippen LogP contribution in [0.15, 0.2) is 75.9 Å². The van der Waals surface area contributed by atoms with Crippen LogP contribution < -0.4 is 15.1 Å². The van der Waals surface area contributed by atoms with Crippen LogP contribution in [0, 0.1) is 0 Å². The summed E-state index contributed by atoms with van der Waals surface area (Å²) in [5.41, 5.74) is 1.90. The molecule has 1 aliphatic heterocycles. The highest BCUT2D eigenvalue weighted by Gasteiger charge is 2.45. The van der Waals surface area contributed by atoms with E-state index in [1.807, 2.05) is 43.3 Å². The van der Waals surface area contributed by atoms with Gasteiger partial charge in [-0.25, -0.2) is 4.98 Å². The van der Waals surface area contributed by atoms with Gasteiger partial charge in [-0.3, -0.25) is 14.5 Å². The number of fused-ring (bicyclic) bond motifs is 3. The lowest BCUT2D eigenvalue weighted by Crippen LogP contribution is -2.29. The molecule has 8 heteroatoms. The van der Waals surface area contributed by atoms with Crippen molar-refractivity contribution in [1.82, 2.24) is 4.98 Å². The Bertz CT molecular complexity index is 1660. The molecule has 0 bridgehead atoms. The maximum absolute atomic E-state index is 13.7. The summed E-state index contributed by atoms with van der Waals surface area (Å²) in [6.07, 6.45) is 0. The Morgan fingerprint density at radius 3 is 2.79 bits per heavy atom. The number of nitrogens with zero attached hydrogens (tertiary/aromatic N) is 2. The van der Waals surface area contributed by atoms with Gasteiger partial charge in [-0.2, -0.15) is 0 Å². The number of carbonyl (C=O) groups is 1. The second-order valence-electron chi connectivity index (χ2n) is 7.86. The number of ether oxygens (including phenoxy) is 1. The molecule has 0 fully saturated rings. The lowest BCUT2D eigenvalue weighted by Gasteiger charge is -2.23. The third-order valence-electron chi connectivity index (χ3n) is 5.81. The molecule has 3 heterocycles. The summed E-state index contributed by atoms with van der Waals surface area (Å²) in [6.45, 7) is 2.40. The molecule has 6 rings (SSSR count). The van der Waals surface area contributed by atoms with E-state index in [1.165, 1.54) is 16.2 Å². The minimum atomic E-state index is -0.709. The summed E-state index contributed by atoms with van der Waals surface area (Å²) in [5.74, 6) is 0.282. The van der Waals surface area contributed by atoms with E-state index in [2.05, 4.69) is 0 Å². The standard InChI is InChI=1S/C26H17ClN2O4S/c1-2-32-16-7-5-6-14(12-16)22-21-23(30)17-8-3-4-9-19(17)33-24(21)25(31)29(22)26-28-18-11-10-15(27)13-20(18)34-26/h3-13,22H,2H2,1H3. The largest absolute Gasteiger partial charge is 0.494 e. The quantitative estimate of drug-likeness (QED) is 0.301. The predicted molar refractivity (Wildman–Crippen MR) is 133 cm³/mol. The number of carbonyl (C=O) groups excluding carboxylic acids is 1. The second-order valence-corrected chi connectivity index (χ2v) is 9.31. The van der Waals surface area contributed by atoms with Crippen LogP contribution in [0.4, 0.5) is 5.13 Å². The summed E-state index contributed by atoms with van der Waals surface area (Å²) in [5, 5.41) is 1.48. The maximum atomic E-state index is 13.7. The fraction of sp³-hybridized carbons (Fsp3) is 0.115. The van der Waals surface area contributed by atoms with Crippen LogP contribution in [-0.4, -0.2) is 17.5 Å². The first-order chi connectivity index (χ1) is 16.5. The Morgan fingerprint density at radius 1 is 1.09 bits per heavy atom. The van der Waals surface area contributed by atoms with Gasteiger partial charge in [-0.15, -0.1) is 0 Å². The molecule has 34 heavy (non-hydrogen) atoms.